The summed E-state index contributed by atoms with van der Waals surface area (Å²) in [6.45, 7) is 6.70. The molecule has 6 heteroatoms. The van der Waals surface area contributed by atoms with Crippen molar-refractivity contribution in [2.75, 3.05) is 13.2 Å². The summed E-state index contributed by atoms with van der Waals surface area (Å²) in [6.07, 6.45) is 89.0. The van der Waals surface area contributed by atoms with Crippen LogP contribution in [0.1, 0.15) is 412 Å². The number of esters is 3. The van der Waals surface area contributed by atoms with E-state index in [0.717, 1.165) is 64.2 Å². The van der Waals surface area contributed by atoms with Crippen molar-refractivity contribution in [1.29, 1.82) is 0 Å². The molecule has 0 aliphatic carbocycles. The third-order valence-corrected chi connectivity index (χ3v) is 16.9. The number of carbonyl (C=O) groups excluding carboxylic acids is 3. The van der Waals surface area contributed by atoms with Crippen LogP contribution in [0.2, 0.25) is 0 Å². The van der Waals surface area contributed by atoms with E-state index in [-0.39, 0.29) is 31.1 Å². The normalized spacial score (nSPS) is 12.2. The molecule has 0 radical (unpaired) electrons. The van der Waals surface area contributed by atoms with Crippen molar-refractivity contribution in [2.24, 2.45) is 0 Å². The molecule has 0 spiro atoms. The lowest BCUT2D eigenvalue weighted by molar-refractivity contribution is -0.167. The molecular weight excluding hydrogens is 1010 g/mol. The fraction of sp³-hybridized carbons (Fsp3) is 0.882. The lowest BCUT2D eigenvalue weighted by atomic mass is 10.0. The van der Waals surface area contributed by atoms with Gasteiger partial charge in [-0.25, -0.2) is 0 Å². The Balaban J connectivity index is 4.17. The molecule has 482 valence electrons. The van der Waals surface area contributed by atoms with Crippen molar-refractivity contribution in [3.63, 3.8) is 0 Å². The van der Waals surface area contributed by atoms with Crippen LogP contribution >= 0.6 is 0 Å². The van der Waals surface area contributed by atoms with Crippen LogP contribution in [-0.4, -0.2) is 37.2 Å². The van der Waals surface area contributed by atoms with Gasteiger partial charge < -0.3 is 14.2 Å². The zero-order chi connectivity index (χ0) is 59.2. The van der Waals surface area contributed by atoms with Gasteiger partial charge in [0, 0.05) is 19.3 Å². The van der Waals surface area contributed by atoms with Crippen molar-refractivity contribution in [2.45, 2.75) is 419 Å². The predicted molar refractivity (Wildman–Crippen MR) is 358 cm³/mol. The molecule has 0 rings (SSSR count). The Morgan fingerprint density at radius 2 is 0.439 bits per heavy atom. The predicted octanol–water partition coefficient (Wildman–Crippen LogP) is 25.5. The topological polar surface area (TPSA) is 78.9 Å². The van der Waals surface area contributed by atoms with E-state index in [4.69, 9.17) is 14.2 Å². The summed E-state index contributed by atoms with van der Waals surface area (Å²) in [5, 5.41) is 0. The number of allylic oxidation sites excluding steroid dienone is 6. The average Bonchev–Trinajstić information content (AvgIpc) is 3.47. The van der Waals surface area contributed by atoms with E-state index in [0.29, 0.717) is 19.3 Å². The Bertz CT molecular complexity index is 1370. The van der Waals surface area contributed by atoms with E-state index >= 15 is 0 Å². The van der Waals surface area contributed by atoms with E-state index in [2.05, 4.69) is 57.2 Å². The minimum Gasteiger partial charge on any atom is -0.462 e. The highest BCUT2D eigenvalue weighted by atomic mass is 16.6. The van der Waals surface area contributed by atoms with Gasteiger partial charge in [0.25, 0.3) is 0 Å². The molecule has 0 aliphatic rings. The molecule has 0 N–H and O–H groups in total. The fourth-order valence-corrected chi connectivity index (χ4v) is 11.3. The Morgan fingerprint density at radius 1 is 0.244 bits per heavy atom. The standard InChI is InChI=1S/C76H142O6/c1-4-7-10-13-16-19-22-25-27-29-31-33-35-36-37-38-39-40-42-43-45-47-49-51-54-57-60-63-66-69-75(78)81-72-73(71-80-74(77)68-65-62-59-56-53-24-21-18-15-12-9-6-3)82-76(79)70-67-64-61-58-55-52-50-48-46-44-41-34-32-30-28-26-23-20-17-14-11-8-5-2/h22,25,29-32,73H,4-21,23-24,26-28,33-72H2,1-3H3/b25-22-,31-29-,32-30-. The zero-order valence-electron chi connectivity index (χ0n) is 55.5. The number of hydrogen-bond donors (Lipinski definition) is 0. The van der Waals surface area contributed by atoms with Gasteiger partial charge >= 0.3 is 17.9 Å². The fourth-order valence-electron chi connectivity index (χ4n) is 11.3. The SMILES string of the molecule is CCCCCCC/C=C\C/C=C\CCCCCCCCCCCCCCCCCCCC(=O)OCC(COC(=O)CCCCCCCCCCCCCC)OC(=O)CCCCCCCCCCCCC/C=C\CCCCCCCCCC. The van der Waals surface area contributed by atoms with Crippen LogP contribution in [-0.2, 0) is 28.6 Å². The molecule has 0 saturated carbocycles. The largest absolute Gasteiger partial charge is 0.462 e. The Labute approximate surface area is 512 Å². The van der Waals surface area contributed by atoms with Crippen LogP contribution in [0.5, 0.6) is 0 Å². The monoisotopic (exact) mass is 1150 g/mol. The average molecular weight is 1150 g/mol. The molecule has 0 heterocycles. The molecule has 0 amide bonds. The molecule has 1 atom stereocenters. The first-order valence-corrected chi connectivity index (χ1v) is 37.0. The van der Waals surface area contributed by atoms with Gasteiger partial charge in [-0.2, -0.15) is 0 Å². The van der Waals surface area contributed by atoms with Gasteiger partial charge in [-0.15, -0.1) is 0 Å². The number of rotatable bonds is 69. The van der Waals surface area contributed by atoms with E-state index < -0.39 is 6.10 Å². The van der Waals surface area contributed by atoms with E-state index in [1.807, 2.05) is 0 Å². The lowest BCUT2D eigenvalue weighted by Gasteiger charge is -2.18. The minimum absolute atomic E-state index is 0.0661. The summed E-state index contributed by atoms with van der Waals surface area (Å²) in [7, 11) is 0. The van der Waals surface area contributed by atoms with Gasteiger partial charge in [0.1, 0.15) is 13.2 Å². The third-order valence-electron chi connectivity index (χ3n) is 16.9. The van der Waals surface area contributed by atoms with Crippen LogP contribution in [0.15, 0.2) is 36.5 Å². The number of unbranched alkanes of at least 4 members (excludes halogenated alkanes) is 52. The highest BCUT2D eigenvalue weighted by molar-refractivity contribution is 5.71. The second-order valence-electron chi connectivity index (χ2n) is 25.2. The smallest absolute Gasteiger partial charge is 0.306 e. The molecule has 0 aromatic rings. The van der Waals surface area contributed by atoms with Gasteiger partial charge in [0.15, 0.2) is 6.10 Å². The Kier molecular flexibility index (Phi) is 69.1. The second-order valence-corrected chi connectivity index (χ2v) is 25.2. The summed E-state index contributed by atoms with van der Waals surface area (Å²) in [5.74, 6) is -0.836. The van der Waals surface area contributed by atoms with E-state index in [1.54, 1.807) is 0 Å². The number of hydrogen-bond acceptors (Lipinski definition) is 6. The first-order valence-electron chi connectivity index (χ1n) is 37.0. The molecule has 0 aromatic heterocycles. The van der Waals surface area contributed by atoms with Crippen molar-refractivity contribution in [1.82, 2.24) is 0 Å². The van der Waals surface area contributed by atoms with Gasteiger partial charge in [0.2, 0.25) is 0 Å². The van der Waals surface area contributed by atoms with Crippen LogP contribution in [0.3, 0.4) is 0 Å². The van der Waals surface area contributed by atoms with Crippen molar-refractivity contribution in [3.05, 3.63) is 36.5 Å². The van der Waals surface area contributed by atoms with Crippen LogP contribution < -0.4 is 0 Å². The van der Waals surface area contributed by atoms with Crippen molar-refractivity contribution >= 4 is 17.9 Å². The third kappa shape index (κ3) is 68.4. The van der Waals surface area contributed by atoms with Crippen molar-refractivity contribution in [3.8, 4) is 0 Å². The molecule has 0 saturated heterocycles. The summed E-state index contributed by atoms with van der Waals surface area (Å²) in [4.78, 5) is 38.4. The molecule has 82 heavy (non-hydrogen) atoms. The second kappa shape index (κ2) is 71.1. The molecule has 0 fully saturated rings. The molecule has 0 aliphatic heterocycles. The highest BCUT2D eigenvalue weighted by Crippen LogP contribution is 2.19. The summed E-state index contributed by atoms with van der Waals surface area (Å²) >= 11 is 0. The molecule has 0 bridgehead atoms. The minimum atomic E-state index is -0.770. The molecule has 1 unspecified atom stereocenters. The molecule has 6 nitrogen and oxygen atoms in total. The maximum Gasteiger partial charge on any atom is 0.306 e. The van der Waals surface area contributed by atoms with Gasteiger partial charge in [-0.1, -0.05) is 353 Å². The van der Waals surface area contributed by atoms with Gasteiger partial charge in [0.05, 0.1) is 0 Å². The van der Waals surface area contributed by atoms with Crippen LogP contribution in [0.4, 0.5) is 0 Å². The lowest BCUT2D eigenvalue weighted by Crippen LogP contribution is -2.30. The van der Waals surface area contributed by atoms with Crippen LogP contribution in [0, 0.1) is 0 Å². The number of carbonyl (C=O) groups is 3. The molecular formula is C76H142O6. The van der Waals surface area contributed by atoms with Crippen LogP contribution in [0.25, 0.3) is 0 Å². The van der Waals surface area contributed by atoms with E-state index in [9.17, 15) is 14.4 Å². The summed E-state index contributed by atoms with van der Waals surface area (Å²) < 4.78 is 17.0. The maximum atomic E-state index is 13.0. The van der Waals surface area contributed by atoms with Gasteiger partial charge in [-0.05, 0) is 77.0 Å². The Hall–Kier alpha value is -2.37. The highest BCUT2D eigenvalue weighted by Gasteiger charge is 2.20. The summed E-state index contributed by atoms with van der Waals surface area (Å²) in [5.41, 5.74) is 0. The maximum absolute atomic E-state index is 13.0. The summed E-state index contributed by atoms with van der Waals surface area (Å²) in [6, 6.07) is 0. The quantitative estimate of drug-likeness (QED) is 0.0261. The zero-order valence-corrected chi connectivity index (χ0v) is 55.5. The van der Waals surface area contributed by atoms with E-state index in [1.165, 1.54) is 308 Å². The Morgan fingerprint density at radius 3 is 0.683 bits per heavy atom. The number of ether oxygens (including phenoxy) is 3. The first kappa shape index (κ1) is 79.6. The first-order chi connectivity index (χ1) is 40.5. The van der Waals surface area contributed by atoms with Crippen molar-refractivity contribution < 1.29 is 28.6 Å². The molecule has 0 aromatic carbocycles. The van der Waals surface area contributed by atoms with Gasteiger partial charge in [-0.3, -0.25) is 14.4 Å².